The van der Waals surface area contributed by atoms with Gasteiger partial charge in [-0.15, -0.1) is 0 Å². The van der Waals surface area contributed by atoms with Gasteiger partial charge in [-0.25, -0.2) is 0 Å². The molecule has 2 saturated heterocycles. The Hall–Kier alpha value is -2.44. The van der Waals surface area contributed by atoms with Gasteiger partial charge in [-0.05, 0) is 102 Å². The molecule has 276 valence electrons. The van der Waals surface area contributed by atoms with Crippen LogP contribution in [0.25, 0.3) is 0 Å². The summed E-state index contributed by atoms with van der Waals surface area (Å²) in [4.78, 5) is 0. The Morgan fingerprint density at radius 3 is 0.780 bits per heavy atom. The predicted octanol–water partition coefficient (Wildman–Crippen LogP) is 6.85. The quantitative estimate of drug-likeness (QED) is 0.145. The van der Waals surface area contributed by atoms with Crippen molar-refractivity contribution in [2.45, 2.75) is 116 Å². The molecule has 2 aliphatic rings. The third kappa shape index (κ3) is 9.50. The molecule has 0 amide bonds. The topological polar surface area (TPSA) is 76.4 Å². The van der Waals surface area contributed by atoms with Crippen molar-refractivity contribution in [3.8, 4) is 0 Å². The van der Waals surface area contributed by atoms with E-state index in [1.54, 1.807) is 0 Å². The van der Waals surface area contributed by atoms with Crippen LogP contribution in [0.2, 0.25) is 0 Å². The van der Waals surface area contributed by atoms with Crippen LogP contribution in [0.3, 0.4) is 0 Å². The van der Waals surface area contributed by atoms with Crippen molar-refractivity contribution >= 4 is 48.9 Å². The molecule has 50 heavy (non-hydrogen) atoms. The Kier molecular flexibility index (Phi) is 12.5. The fraction of sp³-hybridized carbons (Fsp3) is 0.647. The van der Waals surface area contributed by atoms with Gasteiger partial charge in [0.25, 0.3) is 0 Å². The molecule has 2 aliphatic heterocycles. The van der Waals surface area contributed by atoms with Gasteiger partial charge in [0.1, 0.15) is 0 Å². The van der Waals surface area contributed by atoms with Crippen molar-refractivity contribution in [3.63, 3.8) is 0 Å². The molecular weight excluding hydrogens is 713 g/mol. The minimum Gasteiger partial charge on any atom is -0.345 e. The van der Waals surface area contributed by atoms with E-state index in [1.165, 1.54) is 0 Å². The molecule has 0 radical (unpaired) electrons. The minimum absolute atomic E-state index is 0.0509. The van der Waals surface area contributed by atoms with E-state index in [0.717, 1.165) is 70.9 Å². The lowest BCUT2D eigenvalue weighted by molar-refractivity contribution is -0.148. The van der Waals surface area contributed by atoms with Crippen LogP contribution in [0.5, 0.6) is 0 Å². The highest BCUT2D eigenvalue weighted by molar-refractivity contribution is 7.71. The maximum absolute atomic E-state index is 6.14. The van der Waals surface area contributed by atoms with E-state index in [4.69, 9.17) is 67.8 Å². The average molecular weight is 765 g/mol. The highest BCUT2D eigenvalue weighted by atomic mass is 32.1. The summed E-state index contributed by atoms with van der Waals surface area (Å²) in [5, 5.41) is 0. The van der Waals surface area contributed by atoms with E-state index in [2.05, 4.69) is 18.3 Å². The summed E-state index contributed by atoms with van der Waals surface area (Å²) in [7, 11) is 7.85. The van der Waals surface area contributed by atoms with E-state index in [1.807, 2.05) is 124 Å². The largest absolute Gasteiger partial charge is 0.345 e. The van der Waals surface area contributed by atoms with Gasteiger partial charge in [-0.2, -0.15) is 0 Å². The maximum Gasteiger partial charge on any atom is 0.179 e. The van der Waals surface area contributed by atoms with Crippen molar-refractivity contribution in [2.24, 2.45) is 28.2 Å². The first kappa shape index (κ1) is 38.8. The average Bonchev–Trinajstić information content (AvgIpc) is 3.87. The molecule has 4 atom stereocenters. The number of nitrogens with zero attached hydrogens (tertiary/aromatic N) is 8. The molecule has 0 aromatic carbocycles. The number of ether oxygens (including phenoxy) is 4. The van der Waals surface area contributed by atoms with Crippen molar-refractivity contribution < 1.29 is 18.9 Å². The molecular formula is C34H52N8O4S4. The van der Waals surface area contributed by atoms with E-state index < -0.39 is 11.6 Å². The summed E-state index contributed by atoms with van der Waals surface area (Å²) in [5.74, 6) is -1.10. The highest BCUT2D eigenvalue weighted by Gasteiger charge is 2.41. The summed E-state index contributed by atoms with van der Waals surface area (Å²) >= 11 is 21.6. The van der Waals surface area contributed by atoms with Gasteiger partial charge in [-0.1, -0.05) is 0 Å². The first-order chi connectivity index (χ1) is 23.5. The maximum atomic E-state index is 6.14. The van der Waals surface area contributed by atoms with E-state index >= 15 is 0 Å². The van der Waals surface area contributed by atoms with Crippen LogP contribution in [-0.4, -0.2) is 72.5 Å². The summed E-state index contributed by atoms with van der Waals surface area (Å²) in [6.45, 7) is 11.2. The van der Waals surface area contributed by atoms with Crippen LogP contribution in [-0.2, 0) is 73.3 Å². The number of aromatic nitrogens is 8. The summed E-state index contributed by atoms with van der Waals surface area (Å²) in [6, 6.07) is 0. The van der Waals surface area contributed by atoms with E-state index in [9.17, 15) is 0 Å². The van der Waals surface area contributed by atoms with Gasteiger partial charge >= 0.3 is 0 Å². The van der Waals surface area contributed by atoms with Crippen molar-refractivity contribution in [2.75, 3.05) is 0 Å². The van der Waals surface area contributed by atoms with Crippen molar-refractivity contribution in [1.82, 2.24) is 36.5 Å². The number of hydrogen-bond donors (Lipinski definition) is 0. The highest BCUT2D eigenvalue weighted by Crippen LogP contribution is 2.33. The molecule has 0 spiro atoms. The second kappa shape index (κ2) is 16.1. The smallest absolute Gasteiger partial charge is 0.179 e. The van der Waals surface area contributed by atoms with Crippen LogP contribution in [0.1, 0.15) is 53.4 Å². The Labute approximate surface area is 315 Å². The number of aryl methyl sites for hydroxylation is 8. The second-order valence-corrected chi connectivity index (χ2v) is 15.6. The van der Waals surface area contributed by atoms with Crippen LogP contribution in [0, 0.1) is 19.1 Å². The van der Waals surface area contributed by atoms with Gasteiger partial charge in [0.2, 0.25) is 0 Å². The van der Waals surface area contributed by atoms with Gasteiger partial charge in [0.15, 0.2) is 30.7 Å². The molecule has 0 bridgehead atoms. The van der Waals surface area contributed by atoms with Crippen molar-refractivity contribution in [1.29, 1.82) is 0 Å². The van der Waals surface area contributed by atoms with E-state index in [-0.39, 0.29) is 24.4 Å². The van der Waals surface area contributed by atoms with Crippen LogP contribution in [0.15, 0.2) is 49.6 Å². The third-order valence-corrected chi connectivity index (χ3v) is 11.3. The molecule has 0 unspecified atom stereocenters. The Bertz CT molecular complexity index is 1690. The molecule has 2 fully saturated rings. The van der Waals surface area contributed by atoms with Crippen LogP contribution >= 0.6 is 48.9 Å². The first-order valence-corrected chi connectivity index (χ1v) is 18.7. The number of hydrogen-bond acceptors (Lipinski definition) is 8. The number of rotatable bonds is 12. The molecule has 12 nitrogen and oxygen atoms in total. The van der Waals surface area contributed by atoms with Gasteiger partial charge in [0.05, 0.1) is 24.4 Å². The first-order valence-electron chi connectivity index (χ1n) is 17.1. The Morgan fingerprint density at radius 2 is 0.620 bits per heavy atom. The summed E-state index contributed by atoms with van der Waals surface area (Å²) in [5.41, 5.74) is 0. The van der Waals surface area contributed by atoms with Crippen molar-refractivity contribution in [3.05, 3.63) is 68.7 Å². The summed E-state index contributed by atoms with van der Waals surface area (Å²) < 4.78 is 43.9. The lowest BCUT2D eigenvalue weighted by Crippen LogP contribution is -2.25. The van der Waals surface area contributed by atoms with Crippen LogP contribution < -0.4 is 0 Å². The Balaban J connectivity index is 0.000000194. The molecule has 6 heterocycles. The zero-order valence-corrected chi connectivity index (χ0v) is 33.7. The molecule has 0 N–H and O–H groups in total. The standard InChI is InChI=1S/2C17H26N4O2S2/c2*1-17(2)22-13(5-7-20-11-9-18(3)15(20)24)14(23-17)6-8-21-12-10-19(4)16(21)25/h2*9-14H,5-8H2,1-4H3/t2*13-,14-/m11/s1. The van der Waals surface area contributed by atoms with E-state index in [0.29, 0.717) is 0 Å². The Morgan fingerprint density at radius 1 is 0.420 bits per heavy atom. The van der Waals surface area contributed by atoms with Crippen LogP contribution in [0.4, 0.5) is 0 Å². The lowest BCUT2D eigenvalue weighted by Gasteiger charge is -2.17. The molecule has 0 aliphatic carbocycles. The molecule has 6 rings (SSSR count). The molecule has 4 aromatic rings. The fourth-order valence-corrected chi connectivity index (χ4v) is 7.44. The normalized spacial score (nSPS) is 22.6. The monoisotopic (exact) mass is 764 g/mol. The number of imidazole rings is 4. The summed E-state index contributed by atoms with van der Waals surface area (Å²) in [6.07, 6.45) is 19.7. The zero-order valence-electron chi connectivity index (χ0n) is 30.4. The second-order valence-electron chi connectivity index (χ2n) is 14.1. The molecule has 4 aromatic heterocycles. The fourth-order valence-electron chi connectivity index (χ4n) is 6.59. The molecule has 0 saturated carbocycles. The minimum atomic E-state index is -0.550. The SMILES string of the molecule is Cn1ccn(CC[C@H]2OC(C)(C)O[C@@H]2CCn2ccn(C)c2=S)c1=S.Cn1ccn(CC[C@H]2OC(C)(C)O[C@@H]2CCn2ccn(C)c2=S)c1=S. The lowest BCUT2D eigenvalue weighted by atomic mass is 10.1. The predicted molar refractivity (Wildman–Crippen MR) is 203 cm³/mol. The molecule has 16 heteroatoms. The third-order valence-electron chi connectivity index (χ3n) is 9.26. The zero-order chi connectivity index (χ0) is 36.4. The van der Waals surface area contributed by atoms with Gasteiger partial charge in [-0.3, -0.25) is 0 Å². The van der Waals surface area contributed by atoms with Gasteiger partial charge < -0.3 is 55.5 Å². The van der Waals surface area contributed by atoms with Gasteiger partial charge in [0, 0.05) is 104 Å².